The number of hydrogen-bond acceptors (Lipinski definition) is 4. The highest BCUT2D eigenvalue weighted by atomic mass is 16.5. The molecular formula is C18H24N2O2. The van der Waals surface area contributed by atoms with Crippen molar-refractivity contribution in [1.82, 2.24) is 10.3 Å². The summed E-state index contributed by atoms with van der Waals surface area (Å²) in [5, 5.41) is 3.35. The first-order valence-electron chi connectivity index (χ1n) is 7.47. The maximum absolute atomic E-state index is 5.30. The third-order valence-electron chi connectivity index (χ3n) is 3.68. The number of aryl methyl sites for hydroxylation is 2. The number of nitrogens with one attached hydrogen (secondary N) is 1. The van der Waals surface area contributed by atoms with Crippen molar-refractivity contribution < 1.29 is 9.47 Å². The molecule has 0 saturated carbocycles. The van der Waals surface area contributed by atoms with E-state index in [0.717, 1.165) is 48.0 Å². The summed E-state index contributed by atoms with van der Waals surface area (Å²) in [6.07, 6.45) is 0. The lowest BCUT2D eigenvalue weighted by Gasteiger charge is -2.11. The molecular weight excluding hydrogens is 276 g/mol. The van der Waals surface area contributed by atoms with E-state index in [1.54, 1.807) is 14.2 Å². The Balaban J connectivity index is 2.13. The van der Waals surface area contributed by atoms with Gasteiger partial charge in [0.2, 0.25) is 0 Å². The number of rotatable bonds is 7. The van der Waals surface area contributed by atoms with Gasteiger partial charge in [-0.05, 0) is 49.2 Å². The van der Waals surface area contributed by atoms with E-state index in [1.807, 2.05) is 26.0 Å². The summed E-state index contributed by atoms with van der Waals surface area (Å²) in [6.45, 7) is 6.46. The summed E-state index contributed by atoms with van der Waals surface area (Å²) in [7, 11) is 3.40. The van der Waals surface area contributed by atoms with Gasteiger partial charge in [-0.3, -0.25) is 4.98 Å². The highest BCUT2D eigenvalue weighted by molar-refractivity contribution is 5.62. The zero-order valence-corrected chi connectivity index (χ0v) is 13.8. The van der Waals surface area contributed by atoms with Crippen LogP contribution in [-0.2, 0) is 11.3 Å². The topological polar surface area (TPSA) is 43.4 Å². The predicted molar refractivity (Wildman–Crippen MR) is 89.3 cm³/mol. The fourth-order valence-electron chi connectivity index (χ4n) is 2.37. The molecule has 4 nitrogen and oxygen atoms in total. The van der Waals surface area contributed by atoms with E-state index >= 15 is 0 Å². The molecule has 0 unspecified atom stereocenters. The fourth-order valence-corrected chi connectivity index (χ4v) is 2.37. The molecule has 1 aromatic heterocycles. The first-order chi connectivity index (χ1) is 10.7. The number of benzene rings is 1. The summed E-state index contributed by atoms with van der Waals surface area (Å²) >= 11 is 0. The number of ether oxygens (including phenoxy) is 2. The second-order valence-electron chi connectivity index (χ2n) is 5.30. The molecule has 0 bridgehead atoms. The van der Waals surface area contributed by atoms with E-state index in [9.17, 15) is 0 Å². The Hall–Kier alpha value is -1.91. The Morgan fingerprint density at radius 2 is 1.91 bits per heavy atom. The van der Waals surface area contributed by atoms with Crippen LogP contribution < -0.4 is 10.1 Å². The van der Waals surface area contributed by atoms with Crippen LogP contribution in [-0.4, -0.2) is 32.4 Å². The van der Waals surface area contributed by atoms with Gasteiger partial charge in [-0.1, -0.05) is 6.07 Å². The van der Waals surface area contributed by atoms with Gasteiger partial charge in [0.15, 0.2) is 0 Å². The number of pyridine rings is 1. The Kier molecular flexibility index (Phi) is 5.92. The Morgan fingerprint density at radius 3 is 2.55 bits per heavy atom. The van der Waals surface area contributed by atoms with Gasteiger partial charge in [-0.2, -0.15) is 0 Å². The van der Waals surface area contributed by atoms with Gasteiger partial charge < -0.3 is 14.8 Å². The number of methoxy groups -OCH3 is 2. The third-order valence-corrected chi connectivity index (χ3v) is 3.68. The van der Waals surface area contributed by atoms with Crippen LogP contribution in [0.15, 0.2) is 30.3 Å². The average Bonchev–Trinajstić information content (AvgIpc) is 2.52. The average molecular weight is 300 g/mol. The molecule has 2 rings (SSSR count). The molecule has 0 amide bonds. The second-order valence-corrected chi connectivity index (χ2v) is 5.30. The molecule has 0 fully saturated rings. The molecule has 22 heavy (non-hydrogen) atoms. The molecule has 1 N–H and O–H groups in total. The normalized spacial score (nSPS) is 10.7. The van der Waals surface area contributed by atoms with E-state index < -0.39 is 0 Å². The highest BCUT2D eigenvalue weighted by Gasteiger charge is 2.06. The van der Waals surface area contributed by atoms with Crippen LogP contribution >= 0.6 is 0 Å². The SMILES string of the molecule is COCCNCc1ccc(-c2ccc(OC)c(C)c2)nc1C. The Labute approximate surface area is 132 Å². The van der Waals surface area contributed by atoms with E-state index in [4.69, 9.17) is 14.5 Å². The molecule has 4 heteroatoms. The fraction of sp³-hybridized carbons (Fsp3) is 0.389. The van der Waals surface area contributed by atoms with Crippen molar-refractivity contribution in [2.75, 3.05) is 27.4 Å². The molecule has 0 atom stereocenters. The van der Waals surface area contributed by atoms with Gasteiger partial charge in [0.05, 0.1) is 19.4 Å². The number of nitrogens with zero attached hydrogens (tertiary/aromatic N) is 1. The molecule has 0 radical (unpaired) electrons. The predicted octanol–water partition coefficient (Wildman–Crippen LogP) is 3.11. The van der Waals surface area contributed by atoms with Crippen molar-refractivity contribution in [3.63, 3.8) is 0 Å². The smallest absolute Gasteiger partial charge is 0.121 e. The van der Waals surface area contributed by atoms with Crippen LogP contribution in [0.25, 0.3) is 11.3 Å². The quantitative estimate of drug-likeness (QED) is 0.798. The van der Waals surface area contributed by atoms with Crippen molar-refractivity contribution in [3.05, 3.63) is 47.2 Å². The summed E-state index contributed by atoms with van der Waals surface area (Å²) in [4.78, 5) is 4.73. The lowest BCUT2D eigenvalue weighted by atomic mass is 10.1. The summed E-state index contributed by atoms with van der Waals surface area (Å²) in [5.74, 6) is 0.902. The Bertz CT molecular complexity index is 626. The summed E-state index contributed by atoms with van der Waals surface area (Å²) in [6, 6.07) is 10.3. The zero-order chi connectivity index (χ0) is 15.9. The van der Waals surface area contributed by atoms with Gasteiger partial charge >= 0.3 is 0 Å². The van der Waals surface area contributed by atoms with Crippen LogP contribution in [0.1, 0.15) is 16.8 Å². The molecule has 1 heterocycles. The van der Waals surface area contributed by atoms with Crippen LogP contribution in [0, 0.1) is 13.8 Å². The number of hydrogen-bond donors (Lipinski definition) is 1. The van der Waals surface area contributed by atoms with Crippen molar-refractivity contribution in [2.45, 2.75) is 20.4 Å². The zero-order valence-electron chi connectivity index (χ0n) is 13.8. The molecule has 0 aliphatic heterocycles. The molecule has 0 aliphatic rings. The van der Waals surface area contributed by atoms with Crippen LogP contribution in [0.3, 0.4) is 0 Å². The monoisotopic (exact) mass is 300 g/mol. The third kappa shape index (κ3) is 4.06. The molecule has 2 aromatic rings. The molecule has 0 aliphatic carbocycles. The van der Waals surface area contributed by atoms with Gasteiger partial charge in [0.1, 0.15) is 5.75 Å². The minimum Gasteiger partial charge on any atom is -0.496 e. The highest BCUT2D eigenvalue weighted by Crippen LogP contribution is 2.25. The van der Waals surface area contributed by atoms with Gasteiger partial charge in [-0.25, -0.2) is 0 Å². The van der Waals surface area contributed by atoms with E-state index in [1.165, 1.54) is 5.56 Å². The van der Waals surface area contributed by atoms with Crippen LogP contribution in [0.2, 0.25) is 0 Å². The number of aromatic nitrogens is 1. The van der Waals surface area contributed by atoms with Crippen molar-refractivity contribution in [3.8, 4) is 17.0 Å². The molecule has 0 spiro atoms. The molecule has 1 aromatic carbocycles. The van der Waals surface area contributed by atoms with Crippen molar-refractivity contribution in [1.29, 1.82) is 0 Å². The summed E-state index contributed by atoms with van der Waals surface area (Å²) < 4.78 is 10.3. The Morgan fingerprint density at radius 1 is 1.09 bits per heavy atom. The van der Waals surface area contributed by atoms with Crippen LogP contribution in [0.5, 0.6) is 5.75 Å². The maximum Gasteiger partial charge on any atom is 0.121 e. The molecule has 118 valence electrons. The van der Waals surface area contributed by atoms with Gasteiger partial charge in [0, 0.05) is 31.5 Å². The minimum atomic E-state index is 0.718. The van der Waals surface area contributed by atoms with Crippen LogP contribution in [0.4, 0.5) is 0 Å². The summed E-state index contributed by atoms with van der Waals surface area (Å²) in [5.41, 5.74) is 5.48. The van der Waals surface area contributed by atoms with E-state index in [2.05, 4.69) is 23.5 Å². The van der Waals surface area contributed by atoms with Gasteiger partial charge in [0.25, 0.3) is 0 Å². The van der Waals surface area contributed by atoms with E-state index in [0.29, 0.717) is 0 Å². The lowest BCUT2D eigenvalue weighted by Crippen LogP contribution is -2.19. The second kappa shape index (κ2) is 7.92. The van der Waals surface area contributed by atoms with Crippen molar-refractivity contribution in [2.24, 2.45) is 0 Å². The standard InChI is InChI=1S/C18H24N2O2/c1-13-11-15(6-8-18(13)22-4)17-7-5-16(14(2)20-17)12-19-9-10-21-3/h5-8,11,19H,9-10,12H2,1-4H3. The largest absolute Gasteiger partial charge is 0.496 e. The molecule has 0 saturated heterocycles. The minimum absolute atomic E-state index is 0.718. The van der Waals surface area contributed by atoms with Crippen molar-refractivity contribution >= 4 is 0 Å². The first kappa shape index (κ1) is 16.5. The maximum atomic E-state index is 5.30. The first-order valence-corrected chi connectivity index (χ1v) is 7.47. The van der Waals surface area contributed by atoms with Gasteiger partial charge in [-0.15, -0.1) is 0 Å². The lowest BCUT2D eigenvalue weighted by molar-refractivity contribution is 0.199. The van der Waals surface area contributed by atoms with E-state index in [-0.39, 0.29) is 0 Å².